The Morgan fingerprint density at radius 1 is 1.21 bits per heavy atom. The molecule has 0 aliphatic carbocycles. The van der Waals surface area contributed by atoms with Crippen LogP contribution in [0.3, 0.4) is 0 Å². The highest BCUT2D eigenvalue weighted by atomic mass is 16.6. The predicted molar refractivity (Wildman–Crippen MR) is 88.2 cm³/mol. The maximum absolute atomic E-state index is 12.1. The lowest BCUT2D eigenvalue weighted by Crippen LogP contribution is -2.48. The molecule has 1 fully saturated rings. The highest BCUT2D eigenvalue weighted by Gasteiger charge is 2.22. The van der Waals surface area contributed by atoms with E-state index in [1.54, 1.807) is 11.8 Å². The first-order valence-corrected chi connectivity index (χ1v) is 7.95. The van der Waals surface area contributed by atoms with Gasteiger partial charge in [-0.25, -0.2) is 4.79 Å². The van der Waals surface area contributed by atoms with Gasteiger partial charge in [0.25, 0.3) is 5.56 Å². The Kier molecular flexibility index (Phi) is 4.66. The lowest BCUT2D eigenvalue weighted by atomic mass is 10.3. The molecule has 2 aromatic heterocycles. The number of hydrogen-bond donors (Lipinski definition) is 1. The monoisotopic (exact) mass is 332 g/mol. The van der Waals surface area contributed by atoms with E-state index in [1.807, 2.05) is 0 Å². The zero-order chi connectivity index (χ0) is 17.1. The Hall–Kier alpha value is -2.61. The number of piperazine rings is 1. The van der Waals surface area contributed by atoms with Gasteiger partial charge in [-0.05, 0) is 6.92 Å². The number of H-pyrrole nitrogens is 1. The number of nitrogens with one attached hydrogen (secondary N) is 1. The average molecular weight is 332 g/mol. The molecule has 0 unspecified atom stereocenters. The van der Waals surface area contributed by atoms with Gasteiger partial charge < -0.3 is 14.6 Å². The van der Waals surface area contributed by atoms with E-state index in [-0.39, 0.29) is 17.1 Å². The quantitative estimate of drug-likeness (QED) is 0.871. The number of fused-ring (bicyclic) bond motifs is 1. The van der Waals surface area contributed by atoms with Crippen LogP contribution in [0.25, 0.3) is 5.65 Å². The molecule has 0 radical (unpaired) electrons. The number of hydrogen-bond acceptors (Lipinski definition) is 5. The highest BCUT2D eigenvalue weighted by molar-refractivity contribution is 5.67. The Bertz CT molecular complexity index is 849. The lowest BCUT2D eigenvalue weighted by Gasteiger charge is -2.33. The fraction of sp³-hybridized carbons (Fsp3) is 0.438. The van der Waals surface area contributed by atoms with Crippen LogP contribution in [0.5, 0.6) is 0 Å². The maximum atomic E-state index is 12.1. The van der Waals surface area contributed by atoms with Crippen molar-refractivity contribution in [2.45, 2.75) is 13.5 Å². The van der Waals surface area contributed by atoms with Crippen molar-refractivity contribution in [2.24, 2.45) is 0 Å². The van der Waals surface area contributed by atoms with Crippen LogP contribution in [0.1, 0.15) is 12.6 Å². The Morgan fingerprint density at radius 3 is 2.67 bits per heavy atom. The first kappa shape index (κ1) is 16.3. The summed E-state index contributed by atoms with van der Waals surface area (Å²) < 4.78 is 6.40. The molecule has 0 spiro atoms. The number of aromatic nitrogens is 2. The molecule has 2 aromatic rings. The van der Waals surface area contributed by atoms with Gasteiger partial charge in [-0.3, -0.25) is 18.9 Å². The van der Waals surface area contributed by atoms with Crippen LogP contribution in [0.2, 0.25) is 0 Å². The molecule has 3 rings (SSSR count). The lowest BCUT2D eigenvalue weighted by molar-refractivity contribution is 0.0775. The van der Waals surface area contributed by atoms with Gasteiger partial charge in [-0.15, -0.1) is 0 Å². The number of pyridine rings is 1. The molecule has 8 nitrogen and oxygen atoms in total. The SMILES string of the molecule is CCOC(=O)N1CCN(Cc2cc(=O)n3ccc(=O)cc3[nH]2)CC1. The first-order chi connectivity index (χ1) is 11.6. The minimum atomic E-state index is -0.282. The molecule has 3 heterocycles. The van der Waals surface area contributed by atoms with Gasteiger partial charge in [-0.1, -0.05) is 0 Å². The standard InChI is InChI=1S/C16H20N4O4/c1-2-24-16(23)19-7-5-18(6-8-19)11-12-9-15(22)20-4-3-13(21)10-14(20)17-12/h3-4,9-10,17H,2,5-8,11H2,1H3. The third kappa shape index (κ3) is 3.48. The second-order valence-electron chi connectivity index (χ2n) is 5.71. The van der Waals surface area contributed by atoms with Crippen molar-refractivity contribution in [1.29, 1.82) is 0 Å². The van der Waals surface area contributed by atoms with E-state index in [0.29, 0.717) is 45.0 Å². The molecule has 1 N–H and O–H groups in total. The molecule has 1 saturated heterocycles. The molecule has 1 amide bonds. The number of aromatic amines is 1. The first-order valence-electron chi connectivity index (χ1n) is 7.95. The highest BCUT2D eigenvalue weighted by Crippen LogP contribution is 2.08. The molecule has 0 saturated carbocycles. The summed E-state index contributed by atoms with van der Waals surface area (Å²) in [6, 6.07) is 4.30. The Balaban J connectivity index is 1.69. The molecular formula is C16H20N4O4. The van der Waals surface area contributed by atoms with E-state index in [0.717, 1.165) is 5.69 Å². The van der Waals surface area contributed by atoms with E-state index in [2.05, 4.69) is 9.88 Å². The van der Waals surface area contributed by atoms with Gasteiger partial charge in [0.05, 0.1) is 6.61 Å². The van der Waals surface area contributed by atoms with E-state index in [4.69, 9.17) is 4.74 Å². The maximum Gasteiger partial charge on any atom is 0.409 e. The van der Waals surface area contributed by atoms with E-state index in [9.17, 15) is 14.4 Å². The van der Waals surface area contributed by atoms with Gasteiger partial charge in [0.1, 0.15) is 5.65 Å². The zero-order valence-electron chi connectivity index (χ0n) is 13.5. The Morgan fingerprint density at radius 2 is 1.96 bits per heavy atom. The van der Waals surface area contributed by atoms with E-state index >= 15 is 0 Å². The number of rotatable bonds is 3. The van der Waals surface area contributed by atoms with Crippen molar-refractivity contribution < 1.29 is 9.53 Å². The summed E-state index contributed by atoms with van der Waals surface area (Å²) >= 11 is 0. The van der Waals surface area contributed by atoms with Crippen molar-refractivity contribution in [1.82, 2.24) is 19.2 Å². The molecule has 1 aliphatic heterocycles. The second kappa shape index (κ2) is 6.88. The van der Waals surface area contributed by atoms with Crippen LogP contribution >= 0.6 is 0 Å². The fourth-order valence-electron chi connectivity index (χ4n) is 2.82. The van der Waals surface area contributed by atoms with Gasteiger partial charge >= 0.3 is 6.09 Å². The van der Waals surface area contributed by atoms with Crippen molar-refractivity contribution in [2.75, 3.05) is 32.8 Å². The van der Waals surface area contributed by atoms with Gasteiger partial charge in [-0.2, -0.15) is 0 Å². The predicted octanol–water partition coefficient (Wildman–Crippen LogP) is 0.262. The van der Waals surface area contributed by atoms with Crippen molar-refractivity contribution >= 4 is 11.7 Å². The summed E-state index contributed by atoms with van der Waals surface area (Å²) in [7, 11) is 0. The molecule has 24 heavy (non-hydrogen) atoms. The van der Waals surface area contributed by atoms with Crippen LogP contribution in [0, 0.1) is 0 Å². The molecule has 0 atom stereocenters. The summed E-state index contributed by atoms with van der Waals surface area (Å²) in [4.78, 5) is 42.2. The van der Waals surface area contributed by atoms with Crippen LogP contribution in [0.15, 0.2) is 34.0 Å². The third-order valence-electron chi connectivity index (χ3n) is 4.04. The number of carbonyl (C=O) groups is 1. The Labute approximate surface area is 138 Å². The molecule has 1 aliphatic rings. The third-order valence-corrected chi connectivity index (χ3v) is 4.04. The summed E-state index contributed by atoms with van der Waals surface area (Å²) in [5.41, 5.74) is 0.903. The topological polar surface area (TPSA) is 87.1 Å². The largest absolute Gasteiger partial charge is 0.450 e. The van der Waals surface area contributed by atoms with Crippen LogP contribution in [-0.2, 0) is 11.3 Å². The van der Waals surface area contributed by atoms with Gasteiger partial charge in [0.15, 0.2) is 5.43 Å². The van der Waals surface area contributed by atoms with Crippen LogP contribution < -0.4 is 11.0 Å². The molecule has 0 bridgehead atoms. The minimum Gasteiger partial charge on any atom is -0.450 e. The van der Waals surface area contributed by atoms with Crippen LogP contribution in [0.4, 0.5) is 4.79 Å². The van der Waals surface area contributed by atoms with Crippen LogP contribution in [-0.4, -0.2) is 58.1 Å². The smallest absolute Gasteiger partial charge is 0.409 e. The van der Waals surface area contributed by atoms with Crippen molar-refractivity contribution in [3.05, 3.63) is 50.7 Å². The molecule has 0 aromatic carbocycles. The van der Waals surface area contributed by atoms with Gasteiger partial charge in [0.2, 0.25) is 0 Å². The van der Waals surface area contributed by atoms with Crippen molar-refractivity contribution in [3.63, 3.8) is 0 Å². The average Bonchev–Trinajstić information content (AvgIpc) is 2.55. The number of nitrogens with zero attached hydrogens (tertiary/aromatic N) is 3. The van der Waals surface area contributed by atoms with Gasteiger partial charge in [0, 0.05) is 62.8 Å². The fourth-order valence-corrected chi connectivity index (χ4v) is 2.82. The zero-order valence-corrected chi connectivity index (χ0v) is 13.5. The number of ether oxygens (including phenoxy) is 1. The summed E-state index contributed by atoms with van der Waals surface area (Å²) in [5.74, 6) is 0. The second-order valence-corrected chi connectivity index (χ2v) is 5.71. The summed E-state index contributed by atoms with van der Waals surface area (Å²) in [6.07, 6.45) is 1.19. The van der Waals surface area contributed by atoms with Crippen molar-refractivity contribution in [3.8, 4) is 0 Å². The normalized spacial score (nSPS) is 15.6. The minimum absolute atomic E-state index is 0.147. The van der Waals surface area contributed by atoms with E-state index < -0.39 is 0 Å². The number of carbonyl (C=O) groups excluding carboxylic acids is 1. The molecule has 8 heteroatoms. The molecule has 128 valence electrons. The summed E-state index contributed by atoms with van der Waals surface area (Å²) in [5, 5.41) is 0. The number of amides is 1. The van der Waals surface area contributed by atoms with E-state index in [1.165, 1.54) is 28.8 Å². The molecular weight excluding hydrogens is 312 g/mol. The summed E-state index contributed by atoms with van der Waals surface area (Å²) in [6.45, 7) is 5.31.